The zero-order valence-corrected chi connectivity index (χ0v) is 17.0. The fraction of sp³-hybridized carbons (Fsp3) is 0.125. The van der Waals surface area contributed by atoms with Gasteiger partial charge < -0.3 is 21.3 Å². The molecule has 0 fully saturated rings. The number of benzene rings is 3. The van der Waals surface area contributed by atoms with Crippen molar-refractivity contribution in [2.75, 3.05) is 23.7 Å². The molecule has 0 aliphatic heterocycles. The summed E-state index contributed by atoms with van der Waals surface area (Å²) in [7, 11) is 0. The predicted octanol–water partition coefficient (Wildman–Crippen LogP) is 3.44. The molecule has 4 N–H and O–H groups in total. The van der Waals surface area contributed by atoms with Crippen LogP contribution in [0.2, 0.25) is 0 Å². The summed E-state index contributed by atoms with van der Waals surface area (Å²) in [5.41, 5.74) is 2.06. The Morgan fingerprint density at radius 2 is 1.45 bits per heavy atom. The lowest BCUT2D eigenvalue weighted by Crippen LogP contribution is -2.33. The van der Waals surface area contributed by atoms with E-state index in [0.29, 0.717) is 17.9 Å². The Morgan fingerprint density at radius 1 is 0.774 bits per heavy atom. The van der Waals surface area contributed by atoms with Crippen LogP contribution >= 0.6 is 0 Å². The number of rotatable bonds is 8. The number of hydrogen-bond acceptors (Lipinski definition) is 3. The number of fused-ring (bicyclic) bond motifs is 1. The van der Waals surface area contributed by atoms with E-state index < -0.39 is 0 Å². The van der Waals surface area contributed by atoms with Crippen molar-refractivity contribution in [3.8, 4) is 0 Å². The van der Waals surface area contributed by atoms with Gasteiger partial charge in [0.1, 0.15) is 0 Å². The van der Waals surface area contributed by atoms with Gasteiger partial charge in [0.15, 0.2) is 0 Å². The fourth-order valence-electron chi connectivity index (χ4n) is 3.04. The summed E-state index contributed by atoms with van der Waals surface area (Å²) in [5.74, 6) is -0.563. The monoisotopic (exact) mass is 416 g/mol. The van der Waals surface area contributed by atoms with Crippen molar-refractivity contribution in [3.05, 3.63) is 84.9 Å². The molecule has 0 bridgehead atoms. The molecule has 3 aromatic carbocycles. The van der Waals surface area contributed by atoms with Crippen molar-refractivity contribution in [3.63, 3.8) is 0 Å². The first kappa shape index (κ1) is 21.6. The van der Waals surface area contributed by atoms with Crippen molar-refractivity contribution in [2.24, 2.45) is 0 Å². The topological polar surface area (TPSA) is 99.3 Å². The minimum absolute atomic E-state index is 0.131. The minimum Gasteiger partial charge on any atom is -0.347 e. The zero-order valence-electron chi connectivity index (χ0n) is 17.0. The molecule has 0 saturated heterocycles. The number of urea groups is 1. The molecule has 0 saturated carbocycles. The van der Waals surface area contributed by atoms with Gasteiger partial charge in [0.25, 0.3) is 0 Å². The van der Waals surface area contributed by atoms with Crippen LogP contribution in [0, 0.1) is 0 Å². The number of nitrogens with one attached hydrogen (secondary N) is 4. The van der Waals surface area contributed by atoms with Gasteiger partial charge in [-0.1, -0.05) is 48.5 Å². The molecule has 3 rings (SSSR count). The van der Waals surface area contributed by atoms with E-state index >= 15 is 0 Å². The Kier molecular flexibility index (Phi) is 7.37. The first-order chi connectivity index (χ1) is 15.0. The summed E-state index contributed by atoms with van der Waals surface area (Å²) in [5, 5.41) is 12.7. The Morgan fingerprint density at radius 3 is 2.19 bits per heavy atom. The lowest BCUT2D eigenvalue weighted by molar-refractivity contribution is -0.123. The molecular formula is C24H24N4O3. The SMILES string of the molecule is C=CCNC(=O)Nc1ccc(NC(=O)CNC(=O)Cc2cccc3ccccc23)cc1. The molecule has 4 amide bonds. The third kappa shape index (κ3) is 6.43. The summed E-state index contributed by atoms with van der Waals surface area (Å²) in [6, 6.07) is 20.0. The van der Waals surface area contributed by atoms with Crippen LogP contribution in [0.1, 0.15) is 5.56 Å². The molecule has 0 unspecified atom stereocenters. The highest BCUT2D eigenvalue weighted by molar-refractivity contribution is 5.96. The van der Waals surface area contributed by atoms with Crippen LogP contribution < -0.4 is 21.3 Å². The summed E-state index contributed by atoms with van der Waals surface area (Å²) in [6.45, 7) is 3.76. The average molecular weight is 416 g/mol. The van der Waals surface area contributed by atoms with E-state index in [1.54, 1.807) is 30.3 Å². The van der Waals surface area contributed by atoms with Crippen LogP contribution in [-0.2, 0) is 16.0 Å². The number of carbonyl (C=O) groups excluding carboxylic acids is 3. The lowest BCUT2D eigenvalue weighted by atomic mass is 10.0. The summed E-state index contributed by atoms with van der Waals surface area (Å²) >= 11 is 0. The molecule has 0 atom stereocenters. The summed E-state index contributed by atoms with van der Waals surface area (Å²) in [4.78, 5) is 36.0. The maximum absolute atomic E-state index is 12.3. The molecule has 7 nitrogen and oxygen atoms in total. The quantitative estimate of drug-likeness (QED) is 0.423. The van der Waals surface area contributed by atoms with Gasteiger partial charge in [-0.3, -0.25) is 9.59 Å². The zero-order chi connectivity index (χ0) is 22.1. The van der Waals surface area contributed by atoms with Crippen molar-refractivity contribution in [1.29, 1.82) is 0 Å². The highest BCUT2D eigenvalue weighted by Gasteiger charge is 2.09. The van der Waals surface area contributed by atoms with Crippen LogP contribution in [0.25, 0.3) is 10.8 Å². The largest absolute Gasteiger partial charge is 0.347 e. The molecule has 0 aromatic heterocycles. The lowest BCUT2D eigenvalue weighted by Gasteiger charge is -2.10. The molecule has 158 valence electrons. The maximum atomic E-state index is 12.3. The molecular weight excluding hydrogens is 392 g/mol. The summed E-state index contributed by atoms with van der Waals surface area (Å²) < 4.78 is 0. The molecule has 0 heterocycles. The Bertz CT molecular complexity index is 1090. The highest BCUT2D eigenvalue weighted by atomic mass is 16.2. The van der Waals surface area contributed by atoms with E-state index in [4.69, 9.17) is 0 Å². The molecule has 7 heteroatoms. The van der Waals surface area contributed by atoms with Gasteiger partial charge in [0.05, 0.1) is 13.0 Å². The van der Waals surface area contributed by atoms with Crippen molar-refractivity contribution < 1.29 is 14.4 Å². The fourth-order valence-corrected chi connectivity index (χ4v) is 3.04. The molecule has 0 radical (unpaired) electrons. The second kappa shape index (κ2) is 10.6. The Balaban J connectivity index is 1.47. The van der Waals surface area contributed by atoms with Crippen LogP contribution in [0.4, 0.5) is 16.2 Å². The Labute approximate surface area is 180 Å². The van der Waals surface area contributed by atoms with E-state index in [9.17, 15) is 14.4 Å². The highest BCUT2D eigenvalue weighted by Crippen LogP contribution is 2.19. The maximum Gasteiger partial charge on any atom is 0.319 e. The molecule has 0 spiro atoms. The summed E-state index contributed by atoms with van der Waals surface area (Å²) in [6.07, 6.45) is 1.78. The second-order valence-corrected chi connectivity index (χ2v) is 6.84. The van der Waals surface area contributed by atoms with E-state index in [-0.39, 0.29) is 30.8 Å². The van der Waals surface area contributed by atoms with Gasteiger partial charge in [-0.05, 0) is 40.6 Å². The van der Waals surface area contributed by atoms with E-state index in [0.717, 1.165) is 16.3 Å². The van der Waals surface area contributed by atoms with Gasteiger partial charge in [-0.15, -0.1) is 6.58 Å². The number of anilines is 2. The van der Waals surface area contributed by atoms with Crippen LogP contribution in [0.5, 0.6) is 0 Å². The van der Waals surface area contributed by atoms with Gasteiger partial charge in [-0.25, -0.2) is 4.79 Å². The van der Waals surface area contributed by atoms with Crippen LogP contribution in [0.15, 0.2) is 79.4 Å². The van der Waals surface area contributed by atoms with Crippen molar-refractivity contribution >= 4 is 40.0 Å². The first-order valence-electron chi connectivity index (χ1n) is 9.84. The average Bonchev–Trinajstić information content (AvgIpc) is 2.78. The molecule has 0 aliphatic rings. The van der Waals surface area contributed by atoms with E-state index in [1.165, 1.54) is 0 Å². The number of hydrogen-bond donors (Lipinski definition) is 4. The predicted molar refractivity (Wildman–Crippen MR) is 123 cm³/mol. The molecule has 0 aliphatic carbocycles. The van der Waals surface area contributed by atoms with Crippen molar-refractivity contribution in [1.82, 2.24) is 10.6 Å². The Hall–Kier alpha value is -4.13. The van der Waals surface area contributed by atoms with E-state index in [1.807, 2.05) is 42.5 Å². The van der Waals surface area contributed by atoms with Gasteiger partial charge in [0.2, 0.25) is 11.8 Å². The van der Waals surface area contributed by atoms with E-state index in [2.05, 4.69) is 27.8 Å². The van der Waals surface area contributed by atoms with Crippen molar-refractivity contribution in [2.45, 2.75) is 6.42 Å². The second-order valence-electron chi connectivity index (χ2n) is 6.84. The van der Waals surface area contributed by atoms with Gasteiger partial charge >= 0.3 is 6.03 Å². The van der Waals surface area contributed by atoms with Gasteiger partial charge in [0, 0.05) is 17.9 Å². The van der Waals surface area contributed by atoms with Crippen LogP contribution in [0.3, 0.4) is 0 Å². The number of carbonyl (C=O) groups is 3. The minimum atomic E-state index is -0.342. The molecule has 3 aromatic rings. The normalized spacial score (nSPS) is 10.2. The standard InChI is InChI=1S/C24H24N4O3/c1-2-14-25-24(31)28-20-12-10-19(11-13-20)27-23(30)16-26-22(29)15-18-8-5-7-17-6-3-4-9-21(17)18/h2-13H,1,14-16H2,(H,26,29)(H,27,30)(H2,25,28,31). The first-order valence-corrected chi connectivity index (χ1v) is 9.84. The van der Waals surface area contributed by atoms with Crippen LogP contribution in [-0.4, -0.2) is 30.9 Å². The van der Waals surface area contributed by atoms with Gasteiger partial charge in [-0.2, -0.15) is 0 Å². The number of amides is 4. The molecule has 31 heavy (non-hydrogen) atoms. The smallest absolute Gasteiger partial charge is 0.319 e. The third-order valence-corrected chi connectivity index (χ3v) is 4.51. The third-order valence-electron chi connectivity index (χ3n) is 4.51.